The van der Waals surface area contributed by atoms with Gasteiger partial charge in [-0.2, -0.15) is 0 Å². The molecule has 0 saturated carbocycles. The van der Waals surface area contributed by atoms with Crippen LogP contribution in [0.15, 0.2) is 0 Å². The summed E-state index contributed by atoms with van der Waals surface area (Å²) in [6.07, 6.45) is 55.7. The number of hydrogen-bond acceptors (Lipinski definition) is 1. The van der Waals surface area contributed by atoms with Gasteiger partial charge in [-0.05, 0) is 25.9 Å². The molecule has 0 aromatic rings. The van der Waals surface area contributed by atoms with Crippen LogP contribution in [0.1, 0.15) is 258 Å². The number of nitrogens with one attached hydrogen (secondary N) is 1. The van der Waals surface area contributed by atoms with Gasteiger partial charge in [0.1, 0.15) is 0 Å². The topological polar surface area (TPSA) is 12.0 Å². The molecule has 1 N–H and O–H groups in total. The highest BCUT2D eigenvalue weighted by Gasteiger charge is 1.97. The molecule has 0 spiro atoms. The Labute approximate surface area is 275 Å². The Hall–Kier alpha value is -0.0400. The van der Waals surface area contributed by atoms with Crippen molar-refractivity contribution in [2.24, 2.45) is 0 Å². The quantitative estimate of drug-likeness (QED) is 0.0685. The van der Waals surface area contributed by atoms with E-state index in [0.717, 1.165) is 0 Å². The third-order valence-corrected chi connectivity index (χ3v) is 9.91. The van der Waals surface area contributed by atoms with Gasteiger partial charge in [0.05, 0.1) is 0 Å². The van der Waals surface area contributed by atoms with Gasteiger partial charge < -0.3 is 5.32 Å². The molecular weight excluding hydrogens is 518 g/mol. The summed E-state index contributed by atoms with van der Waals surface area (Å²) in [7, 11) is 0. The van der Waals surface area contributed by atoms with E-state index >= 15 is 0 Å². The fourth-order valence-electron chi connectivity index (χ4n) is 6.78. The molecule has 0 aliphatic heterocycles. The summed E-state index contributed by atoms with van der Waals surface area (Å²) in [5, 5.41) is 3.70. The second kappa shape index (κ2) is 42.0. The number of hydrogen-bond donors (Lipinski definition) is 1. The monoisotopic (exact) mass is 606 g/mol. The Balaban J connectivity index is 3.02. The highest BCUT2D eigenvalue weighted by atomic mass is 14.8. The molecule has 1 nitrogen and oxygen atoms in total. The number of rotatable bonds is 40. The third kappa shape index (κ3) is 42.0. The Morgan fingerprint density at radius 3 is 0.488 bits per heavy atom. The summed E-state index contributed by atoms with van der Waals surface area (Å²) >= 11 is 0. The molecule has 0 aromatic carbocycles. The van der Waals surface area contributed by atoms with Crippen LogP contribution in [0.25, 0.3) is 0 Å². The van der Waals surface area contributed by atoms with Crippen LogP contribution >= 0.6 is 0 Å². The molecule has 1 heteroatoms. The van der Waals surface area contributed by atoms with Crippen LogP contribution in [0.3, 0.4) is 0 Å². The standard InChI is InChI=1S/C42H87N/c1-3-5-7-9-11-13-15-17-19-21-23-25-27-29-31-33-35-37-39-41-43-42-40-38-36-34-32-30-28-26-24-22-20-18-16-14-12-10-8-6-4-2/h43H,3-42H2,1-2H3. The lowest BCUT2D eigenvalue weighted by molar-refractivity contribution is 0.513. The van der Waals surface area contributed by atoms with Crippen molar-refractivity contribution in [1.29, 1.82) is 0 Å². The predicted molar refractivity (Wildman–Crippen MR) is 200 cm³/mol. The molecule has 0 fully saturated rings. The van der Waals surface area contributed by atoms with E-state index in [4.69, 9.17) is 0 Å². The van der Waals surface area contributed by atoms with Gasteiger partial charge in [0, 0.05) is 0 Å². The Kier molecular flexibility index (Phi) is 41.9. The first kappa shape index (κ1) is 43.0. The summed E-state index contributed by atoms with van der Waals surface area (Å²) in [6, 6.07) is 0. The zero-order valence-electron chi connectivity index (χ0n) is 30.8. The van der Waals surface area contributed by atoms with Crippen LogP contribution < -0.4 is 5.32 Å². The minimum absolute atomic E-state index is 1.25. The van der Waals surface area contributed by atoms with Gasteiger partial charge in [-0.15, -0.1) is 0 Å². The maximum absolute atomic E-state index is 3.70. The first-order chi connectivity index (χ1) is 21.4. The van der Waals surface area contributed by atoms with Gasteiger partial charge in [-0.25, -0.2) is 0 Å². The molecule has 0 aliphatic carbocycles. The third-order valence-electron chi connectivity index (χ3n) is 9.91. The molecule has 43 heavy (non-hydrogen) atoms. The minimum atomic E-state index is 1.25. The van der Waals surface area contributed by atoms with E-state index in [2.05, 4.69) is 19.2 Å². The Morgan fingerprint density at radius 2 is 0.326 bits per heavy atom. The highest BCUT2D eigenvalue weighted by molar-refractivity contribution is 4.54. The van der Waals surface area contributed by atoms with Crippen LogP contribution in [-0.2, 0) is 0 Å². The second-order valence-electron chi connectivity index (χ2n) is 14.5. The maximum atomic E-state index is 3.70. The molecule has 0 unspecified atom stereocenters. The minimum Gasteiger partial charge on any atom is -0.317 e. The molecule has 0 rings (SSSR count). The van der Waals surface area contributed by atoms with Gasteiger partial charge in [-0.1, -0.05) is 245 Å². The summed E-state index contributed by atoms with van der Waals surface area (Å²) < 4.78 is 0. The Morgan fingerprint density at radius 1 is 0.186 bits per heavy atom. The molecule has 0 aliphatic rings. The van der Waals surface area contributed by atoms with E-state index in [0.29, 0.717) is 0 Å². The first-order valence-corrected chi connectivity index (χ1v) is 21.1. The highest BCUT2D eigenvalue weighted by Crippen LogP contribution is 2.16. The first-order valence-electron chi connectivity index (χ1n) is 21.1. The lowest BCUT2D eigenvalue weighted by atomic mass is 10.0. The van der Waals surface area contributed by atoms with Crippen molar-refractivity contribution in [2.75, 3.05) is 13.1 Å². The average molecular weight is 606 g/mol. The van der Waals surface area contributed by atoms with Crippen molar-refractivity contribution < 1.29 is 0 Å². The van der Waals surface area contributed by atoms with Crippen LogP contribution in [0.5, 0.6) is 0 Å². The predicted octanol–water partition coefficient (Wildman–Crippen LogP) is 15.4. The van der Waals surface area contributed by atoms with E-state index in [9.17, 15) is 0 Å². The normalized spacial score (nSPS) is 11.6. The molecule has 0 heterocycles. The summed E-state index contributed by atoms with van der Waals surface area (Å²) in [5.74, 6) is 0. The smallest absolute Gasteiger partial charge is 0.00489 e. The van der Waals surface area contributed by atoms with Gasteiger partial charge in [0.25, 0.3) is 0 Å². The van der Waals surface area contributed by atoms with E-state index in [1.165, 1.54) is 257 Å². The zero-order valence-corrected chi connectivity index (χ0v) is 30.8. The van der Waals surface area contributed by atoms with Gasteiger partial charge in [-0.3, -0.25) is 0 Å². The Bertz CT molecular complexity index is 406. The second-order valence-corrected chi connectivity index (χ2v) is 14.5. The van der Waals surface area contributed by atoms with Crippen LogP contribution in [-0.4, -0.2) is 13.1 Å². The number of unbranched alkanes of at least 4 members (excludes halogenated alkanes) is 36. The maximum Gasteiger partial charge on any atom is -0.00489 e. The molecule has 0 bridgehead atoms. The van der Waals surface area contributed by atoms with E-state index in [1.54, 1.807) is 0 Å². The summed E-state index contributed by atoms with van der Waals surface area (Å²) in [6.45, 7) is 7.11. The van der Waals surface area contributed by atoms with Crippen molar-refractivity contribution in [3.8, 4) is 0 Å². The molecule has 0 radical (unpaired) electrons. The summed E-state index contributed by atoms with van der Waals surface area (Å²) in [4.78, 5) is 0. The molecular formula is C42H87N. The van der Waals surface area contributed by atoms with Gasteiger partial charge in [0.2, 0.25) is 0 Å². The van der Waals surface area contributed by atoms with Crippen molar-refractivity contribution >= 4 is 0 Å². The lowest BCUT2D eigenvalue weighted by Gasteiger charge is -2.06. The summed E-state index contributed by atoms with van der Waals surface area (Å²) in [5.41, 5.74) is 0. The van der Waals surface area contributed by atoms with Crippen molar-refractivity contribution in [3.63, 3.8) is 0 Å². The molecule has 0 aromatic heterocycles. The van der Waals surface area contributed by atoms with Crippen LogP contribution in [0.2, 0.25) is 0 Å². The van der Waals surface area contributed by atoms with Crippen molar-refractivity contribution in [2.45, 2.75) is 258 Å². The van der Waals surface area contributed by atoms with Gasteiger partial charge in [0.15, 0.2) is 0 Å². The lowest BCUT2D eigenvalue weighted by Crippen LogP contribution is -2.16. The van der Waals surface area contributed by atoms with E-state index in [-0.39, 0.29) is 0 Å². The van der Waals surface area contributed by atoms with E-state index < -0.39 is 0 Å². The average Bonchev–Trinajstić information content (AvgIpc) is 3.02. The molecule has 0 saturated heterocycles. The van der Waals surface area contributed by atoms with Crippen LogP contribution in [0, 0.1) is 0 Å². The van der Waals surface area contributed by atoms with Crippen LogP contribution in [0.4, 0.5) is 0 Å². The molecule has 260 valence electrons. The van der Waals surface area contributed by atoms with Crippen molar-refractivity contribution in [3.05, 3.63) is 0 Å². The van der Waals surface area contributed by atoms with Crippen molar-refractivity contribution in [1.82, 2.24) is 5.32 Å². The van der Waals surface area contributed by atoms with E-state index in [1.807, 2.05) is 0 Å². The zero-order chi connectivity index (χ0) is 31.0. The fourth-order valence-corrected chi connectivity index (χ4v) is 6.78. The SMILES string of the molecule is CCCCCCCCCCCCCCCCCCCCCNCCCCCCCCCCCCCCCCCCCCC. The fraction of sp³-hybridized carbons (Fsp3) is 1.00. The van der Waals surface area contributed by atoms with Gasteiger partial charge >= 0.3 is 0 Å². The largest absolute Gasteiger partial charge is 0.317 e. The molecule has 0 atom stereocenters. The molecule has 0 amide bonds.